The highest BCUT2D eigenvalue weighted by Crippen LogP contribution is 2.48. The molecule has 0 atom stereocenters. The van der Waals surface area contributed by atoms with Gasteiger partial charge in [-0.15, -0.1) is 0 Å². The van der Waals surface area contributed by atoms with E-state index in [0.717, 1.165) is 24.8 Å². The summed E-state index contributed by atoms with van der Waals surface area (Å²) in [6.07, 6.45) is 5.71. The summed E-state index contributed by atoms with van der Waals surface area (Å²) >= 11 is 0. The van der Waals surface area contributed by atoms with E-state index in [1.165, 1.54) is 6.07 Å². The lowest BCUT2D eigenvalue weighted by atomic mass is 9.86. The van der Waals surface area contributed by atoms with Gasteiger partial charge in [-0.25, -0.2) is 9.18 Å². The van der Waals surface area contributed by atoms with Gasteiger partial charge in [-0.3, -0.25) is 0 Å². The molecule has 0 unspecified atom stereocenters. The Hall–Kier alpha value is -1.67. The molecule has 94 valence electrons. The smallest absolute Gasteiger partial charge is 0.235 e. The first-order valence-corrected chi connectivity index (χ1v) is 6.30. The Balaban J connectivity index is 2.21. The lowest BCUT2D eigenvalue weighted by molar-refractivity contribution is 0.332. The number of rotatable bonds is 2. The largest absolute Gasteiger partial charge is 0.492 e. The Morgan fingerprint density at radius 3 is 2.83 bits per heavy atom. The van der Waals surface area contributed by atoms with Crippen molar-refractivity contribution >= 4 is 6.08 Å². The van der Waals surface area contributed by atoms with E-state index in [-0.39, 0.29) is 5.82 Å². The van der Waals surface area contributed by atoms with Gasteiger partial charge >= 0.3 is 0 Å². The summed E-state index contributed by atoms with van der Waals surface area (Å²) in [6, 6.07) is 3.22. The molecule has 1 fully saturated rings. The molecule has 1 aliphatic heterocycles. The molecule has 0 aromatic heterocycles. The highest BCUT2D eigenvalue weighted by atomic mass is 19.1. The molecule has 0 bridgehead atoms. The van der Waals surface area contributed by atoms with Gasteiger partial charge in [0.25, 0.3) is 0 Å². The Morgan fingerprint density at radius 1 is 1.33 bits per heavy atom. The average molecular weight is 247 g/mol. The summed E-state index contributed by atoms with van der Waals surface area (Å²) in [5, 5.41) is 0. The molecule has 0 spiro atoms. The monoisotopic (exact) mass is 247 g/mol. The molecular formula is C14H14FNO2. The molecule has 0 N–H and O–H groups in total. The van der Waals surface area contributed by atoms with Gasteiger partial charge in [0.05, 0.1) is 12.2 Å². The molecule has 1 aliphatic carbocycles. The highest BCUT2D eigenvalue weighted by molar-refractivity contribution is 5.51. The molecule has 4 heteroatoms. The number of aliphatic imine (C=N–C) groups is 1. The van der Waals surface area contributed by atoms with Gasteiger partial charge in [-0.1, -0.05) is 18.9 Å². The van der Waals surface area contributed by atoms with Crippen molar-refractivity contribution in [3.05, 3.63) is 29.1 Å². The van der Waals surface area contributed by atoms with E-state index >= 15 is 0 Å². The lowest BCUT2D eigenvalue weighted by Crippen LogP contribution is -2.21. The van der Waals surface area contributed by atoms with Crippen LogP contribution in [0.4, 0.5) is 4.39 Å². The third kappa shape index (κ3) is 1.57. The second kappa shape index (κ2) is 4.21. The van der Waals surface area contributed by atoms with Crippen molar-refractivity contribution < 1.29 is 13.9 Å². The van der Waals surface area contributed by atoms with Crippen LogP contribution in [0, 0.1) is 5.82 Å². The van der Waals surface area contributed by atoms with Crippen LogP contribution < -0.4 is 4.74 Å². The molecule has 2 aliphatic rings. The van der Waals surface area contributed by atoms with Crippen LogP contribution in [0.2, 0.25) is 0 Å². The summed E-state index contributed by atoms with van der Waals surface area (Å²) in [5.74, 6) is 0.285. The van der Waals surface area contributed by atoms with E-state index in [9.17, 15) is 9.18 Å². The third-order valence-corrected chi connectivity index (χ3v) is 3.96. The van der Waals surface area contributed by atoms with Crippen LogP contribution in [0.15, 0.2) is 17.1 Å². The van der Waals surface area contributed by atoms with E-state index in [4.69, 9.17) is 4.74 Å². The normalized spacial score (nSPS) is 20.1. The molecule has 1 heterocycles. The predicted molar refractivity (Wildman–Crippen MR) is 63.9 cm³/mol. The minimum Gasteiger partial charge on any atom is -0.492 e. The van der Waals surface area contributed by atoms with Crippen molar-refractivity contribution in [2.24, 2.45) is 4.99 Å². The van der Waals surface area contributed by atoms with E-state index in [0.29, 0.717) is 30.8 Å². The van der Waals surface area contributed by atoms with Gasteiger partial charge in [-0.05, 0) is 24.5 Å². The van der Waals surface area contributed by atoms with Gasteiger partial charge < -0.3 is 4.74 Å². The molecule has 1 aromatic carbocycles. The van der Waals surface area contributed by atoms with Gasteiger partial charge in [-0.2, -0.15) is 4.99 Å². The fourth-order valence-corrected chi connectivity index (χ4v) is 3.13. The van der Waals surface area contributed by atoms with E-state index in [1.54, 1.807) is 12.1 Å². The van der Waals surface area contributed by atoms with Gasteiger partial charge in [0.2, 0.25) is 6.08 Å². The molecule has 0 saturated heterocycles. The van der Waals surface area contributed by atoms with Crippen molar-refractivity contribution in [2.75, 3.05) is 6.61 Å². The Bertz CT molecular complexity index is 529. The number of benzene rings is 1. The van der Waals surface area contributed by atoms with Crippen LogP contribution in [0.5, 0.6) is 5.75 Å². The second-order valence-corrected chi connectivity index (χ2v) is 4.95. The number of nitrogens with zero attached hydrogens (tertiary/aromatic N) is 1. The molecule has 3 nitrogen and oxygen atoms in total. The van der Waals surface area contributed by atoms with Gasteiger partial charge in [0.1, 0.15) is 17.1 Å². The number of hydrogen-bond donors (Lipinski definition) is 0. The zero-order valence-corrected chi connectivity index (χ0v) is 10.0. The molecule has 3 rings (SSSR count). The van der Waals surface area contributed by atoms with E-state index in [1.807, 2.05) is 0 Å². The second-order valence-electron chi connectivity index (χ2n) is 4.95. The maximum Gasteiger partial charge on any atom is 0.235 e. The SMILES string of the molecule is O=C=NC1(c2c(F)ccc3c2OCC3)CCCC1. The van der Waals surface area contributed by atoms with Crippen molar-refractivity contribution in [1.82, 2.24) is 0 Å². The Labute approximate surface area is 105 Å². The zero-order chi connectivity index (χ0) is 12.6. The molecule has 0 radical (unpaired) electrons. The fraction of sp³-hybridized carbons (Fsp3) is 0.500. The fourth-order valence-electron chi connectivity index (χ4n) is 3.13. The van der Waals surface area contributed by atoms with E-state index < -0.39 is 5.54 Å². The number of carbonyl (C=O) groups excluding carboxylic acids is 1. The summed E-state index contributed by atoms with van der Waals surface area (Å²) in [4.78, 5) is 14.6. The average Bonchev–Trinajstić information content (AvgIpc) is 2.98. The standard InChI is InChI=1S/C14H14FNO2/c15-11-4-3-10-5-8-18-13(10)12(11)14(16-9-17)6-1-2-7-14/h3-4H,1-2,5-8H2. The predicted octanol–water partition coefficient (Wildman–Crippen LogP) is 2.87. The van der Waals surface area contributed by atoms with Crippen LogP contribution in [-0.4, -0.2) is 12.7 Å². The topological polar surface area (TPSA) is 38.7 Å². The van der Waals surface area contributed by atoms with Crippen LogP contribution in [0.25, 0.3) is 0 Å². The minimum absolute atomic E-state index is 0.323. The number of hydrogen-bond acceptors (Lipinski definition) is 3. The van der Waals surface area contributed by atoms with Crippen LogP contribution in [0.1, 0.15) is 36.8 Å². The first-order chi connectivity index (χ1) is 8.77. The van der Waals surface area contributed by atoms with Crippen molar-refractivity contribution in [3.63, 3.8) is 0 Å². The first kappa shape index (κ1) is 11.4. The van der Waals surface area contributed by atoms with Crippen molar-refractivity contribution in [2.45, 2.75) is 37.6 Å². The van der Waals surface area contributed by atoms with Gasteiger partial charge in [0.15, 0.2) is 0 Å². The highest BCUT2D eigenvalue weighted by Gasteiger charge is 2.41. The zero-order valence-electron chi connectivity index (χ0n) is 10.0. The Morgan fingerprint density at radius 2 is 2.11 bits per heavy atom. The molecule has 18 heavy (non-hydrogen) atoms. The number of isocyanates is 1. The lowest BCUT2D eigenvalue weighted by Gasteiger charge is -2.25. The third-order valence-electron chi connectivity index (χ3n) is 3.96. The summed E-state index contributed by atoms with van der Waals surface area (Å²) in [6.45, 7) is 0.576. The molecular weight excluding hydrogens is 233 g/mol. The maximum atomic E-state index is 14.2. The first-order valence-electron chi connectivity index (χ1n) is 6.30. The number of halogens is 1. The van der Waals surface area contributed by atoms with Crippen molar-refractivity contribution in [3.8, 4) is 5.75 Å². The van der Waals surface area contributed by atoms with E-state index in [2.05, 4.69) is 4.99 Å². The Kier molecular flexibility index (Phi) is 2.67. The van der Waals surface area contributed by atoms with Crippen LogP contribution in [0.3, 0.4) is 0 Å². The van der Waals surface area contributed by atoms with Crippen molar-refractivity contribution in [1.29, 1.82) is 0 Å². The quantitative estimate of drug-likeness (QED) is 0.595. The molecule has 0 amide bonds. The molecule has 1 saturated carbocycles. The van der Waals surface area contributed by atoms with Crippen LogP contribution in [-0.2, 0) is 16.8 Å². The summed E-state index contributed by atoms with van der Waals surface area (Å²) in [5.41, 5.74) is 0.735. The van der Waals surface area contributed by atoms with Gasteiger partial charge in [0, 0.05) is 6.42 Å². The maximum absolute atomic E-state index is 14.2. The minimum atomic E-state index is -0.748. The summed E-state index contributed by atoms with van der Waals surface area (Å²) < 4.78 is 19.8. The number of ether oxygens (including phenoxy) is 1. The summed E-state index contributed by atoms with van der Waals surface area (Å²) in [7, 11) is 0. The molecule has 1 aromatic rings. The number of fused-ring (bicyclic) bond motifs is 1. The van der Waals surface area contributed by atoms with Crippen LogP contribution >= 0.6 is 0 Å².